The number of rotatable bonds is 4. The lowest BCUT2D eigenvalue weighted by molar-refractivity contribution is -0.126. The second-order valence-electron chi connectivity index (χ2n) is 8.27. The van der Waals surface area contributed by atoms with Crippen LogP contribution < -0.4 is 5.32 Å². The second-order valence-corrected chi connectivity index (χ2v) is 8.27. The predicted molar refractivity (Wildman–Crippen MR) is 108 cm³/mol. The van der Waals surface area contributed by atoms with Crippen molar-refractivity contribution in [3.05, 3.63) is 53.4 Å². The molecule has 1 aromatic carbocycles. The van der Waals surface area contributed by atoms with Crippen molar-refractivity contribution in [2.75, 3.05) is 13.1 Å². The monoisotopic (exact) mass is 414 g/mol. The van der Waals surface area contributed by atoms with Gasteiger partial charge in [0.1, 0.15) is 11.9 Å². The Morgan fingerprint density at radius 1 is 1.20 bits per heavy atom. The van der Waals surface area contributed by atoms with E-state index < -0.39 is 0 Å². The van der Waals surface area contributed by atoms with Crippen LogP contribution >= 0.6 is 0 Å². The van der Waals surface area contributed by atoms with Crippen LogP contribution in [0.5, 0.6) is 0 Å². The summed E-state index contributed by atoms with van der Waals surface area (Å²) in [5.41, 5.74) is 2.07. The van der Waals surface area contributed by atoms with Gasteiger partial charge in [-0.3, -0.25) is 9.59 Å². The fourth-order valence-electron chi connectivity index (χ4n) is 4.08. The molecule has 1 fully saturated rings. The van der Waals surface area contributed by atoms with Crippen LogP contribution in [0, 0.1) is 11.7 Å². The third-order valence-electron chi connectivity index (χ3n) is 5.76. The summed E-state index contributed by atoms with van der Waals surface area (Å²) in [5.74, 6) is -0.379. The summed E-state index contributed by atoms with van der Waals surface area (Å²) < 4.78 is 21.0. The van der Waals surface area contributed by atoms with E-state index in [-0.39, 0.29) is 42.3 Å². The second kappa shape index (κ2) is 8.55. The number of halogens is 1. The first-order valence-electron chi connectivity index (χ1n) is 10.4. The molecule has 3 heterocycles. The van der Waals surface area contributed by atoms with Gasteiger partial charge in [0, 0.05) is 25.0 Å². The molecule has 2 aliphatic heterocycles. The first-order valence-corrected chi connectivity index (χ1v) is 10.4. The number of hydrogen-bond donors (Lipinski definition) is 1. The molecule has 160 valence electrons. The van der Waals surface area contributed by atoms with Gasteiger partial charge in [0.25, 0.3) is 5.91 Å². The average Bonchev–Trinajstić information content (AvgIpc) is 3.16. The van der Waals surface area contributed by atoms with E-state index >= 15 is 0 Å². The van der Waals surface area contributed by atoms with Gasteiger partial charge in [-0.1, -0.05) is 12.1 Å². The number of fused-ring (bicyclic) bond motifs is 1. The molecule has 4 rings (SSSR count). The van der Waals surface area contributed by atoms with Crippen molar-refractivity contribution < 1.29 is 18.7 Å². The summed E-state index contributed by atoms with van der Waals surface area (Å²) in [4.78, 5) is 31.4. The molecule has 2 amide bonds. The van der Waals surface area contributed by atoms with Crippen molar-refractivity contribution in [1.29, 1.82) is 0 Å². The zero-order valence-electron chi connectivity index (χ0n) is 17.3. The van der Waals surface area contributed by atoms with Crippen molar-refractivity contribution in [1.82, 2.24) is 19.8 Å². The molecular formula is C22H27FN4O3. The Hall–Kier alpha value is -2.74. The minimum absolute atomic E-state index is 0.0489. The highest BCUT2D eigenvalue weighted by molar-refractivity contribution is 5.93. The Kier molecular flexibility index (Phi) is 5.85. The zero-order chi connectivity index (χ0) is 21.3. The number of hydrogen-bond acceptors (Lipinski definition) is 4. The number of aromatic nitrogens is 2. The van der Waals surface area contributed by atoms with Gasteiger partial charge in [0.2, 0.25) is 5.91 Å². The van der Waals surface area contributed by atoms with E-state index in [1.54, 1.807) is 23.4 Å². The number of ether oxygens (including phenoxy) is 1. The lowest BCUT2D eigenvalue weighted by Gasteiger charge is -2.32. The first-order chi connectivity index (χ1) is 14.4. The Bertz CT molecular complexity index is 917. The molecule has 1 saturated heterocycles. The van der Waals surface area contributed by atoms with Gasteiger partial charge in [-0.05, 0) is 44.4 Å². The van der Waals surface area contributed by atoms with Gasteiger partial charge in [-0.25, -0.2) is 9.37 Å². The number of carbonyl (C=O) groups excluding carboxylic acids is 2. The van der Waals surface area contributed by atoms with Crippen molar-refractivity contribution >= 4 is 11.8 Å². The van der Waals surface area contributed by atoms with Crippen LogP contribution in [0.25, 0.3) is 0 Å². The molecule has 2 aromatic rings. The molecule has 8 heteroatoms. The molecule has 30 heavy (non-hydrogen) atoms. The standard InChI is InChI=1S/C22H27FN4O3/c1-14(2)25-21(28)16-7-9-26(10-8-16)22(29)20-18-12-30-19(11-27(18)13-24-20)15-3-5-17(23)6-4-15/h3-6,13-14,16,19H,7-12H2,1-2H3,(H,25,28)/t19-/m1/s1. The quantitative estimate of drug-likeness (QED) is 0.835. The Morgan fingerprint density at radius 3 is 2.57 bits per heavy atom. The molecule has 0 saturated carbocycles. The molecule has 1 N–H and O–H groups in total. The van der Waals surface area contributed by atoms with Crippen molar-refractivity contribution in [2.24, 2.45) is 5.92 Å². The normalized spacial score (nSPS) is 19.6. The average molecular weight is 414 g/mol. The fourth-order valence-corrected chi connectivity index (χ4v) is 4.08. The minimum Gasteiger partial charge on any atom is -0.365 e. The van der Waals surface area contributed by atoms with Crippen LogP contribution in [0.2, 0.25) is 0 Å². The van der Waals surface area contributed by atoms with E-state index in [2.05, 4.69) is 10.3 Å². The lowest BCUT2D eigenvalue weighted by atomic mass is 9.95. The van der Waals surface area contributed by atoms with Gasteiger partial charge >= 0.3 is 0 Å². The number of imidazole rings is 1. The van der Waals surface area contributed by atoms with Crippen LogP contribution in [0.15, 0.2) is 30.6 Å². The van der Waals surface area contributed by atoms with Gasteiger partial charge in [0.05, 0.1) is 25.2 Å². The van der Waals surface area contributed by atoms with Gasteiger partial charge in [-0.2, -0.15) is 0 Å². The van der Waals surface area contributed by atoms with Crippen LogP contribution in [0.1, 0.15) is 54.5 Å². The first kappa shape index (κ1) is 20.5. The molecule has 0 radical (unpaired) electrons. The highest BCUT2D eigenvalue weighted by Crippen LogP contribution is 2.29. The summed E-state index contributed by atoms with van der Waals surface area (Å²) in [6.07, 6.45) is 2.78. The Morgan fingerprint density at radius 2 is 1.90 bits per heavy atom. The maximum atomic E-state index is 13.2. The van der Waals surface area contributed by atoms with E-state index in [1.165, 1.54) is 12.1 Å². The maximum Gasteiger partial charge on any atom is 0.274 e. The summed E-state index contributed by atoms with van der Waals surface area (Å²) in [6.45, 7) is 5.78. The van der Waals surface area contributed by atoms with E-state index in [9.17, 15) is 14.0 Å². The molecule has 1 aromatic heterocycles. The van der Waals surface area contributed by atoms with E-state index in [1.807, 2.05) is 18.4 Å². The van der Waals surface area contributed by atoms with Crippen LogP contribution in [0.3, 0.4) is 0 Å². The van der Waals surface area contributed by atoms with Crippen molar-refractivity contribution in [3.63, 3.8) is 0 Å². The Balaban J connectivity index is 1.39. The third-order valence-corrected chi connectivity index (χ3v) is 5.76. The molecule has 0 spiro atoms. The summed E-state index contributed by atoms with van der Waals surface area (Å²) >= 11 is 0. The van der Waals surface area contributed by atoms with Gasteiger partial charge in [0.15, 0.2) is 5.69 Å². The number of benzene rings is 1. The molecule has 7 nitrogen and oxygen atoms in total. The molecule has 0 unspecified atom stereocenters. The number of nitrogens with one attached hydrogen (secondary N) is 1. The van der Waals surface area contributed by atoms with Gasteiger partial charge < -0.3 is 19.5 Å². The van der Waals surface area contributed by atoms with Crippen molar-refractivity contribution in [2.45, 2.75) is 52.0 Å². The Labute approximate surface area is 175 Å². The highest BCUT2D eigenvalue weighted by Gasteiger charge is 2.32. The van der Waals surface area contributed by atoms with E-state index in [0.29, 0.717) is 38.2 Å². The van der Waals surface area contributed by atoms with Crippen LogP contribution in [0.4, 0.5) is 4.39 Å². The largest absolute Gasteiger partial charge is 0.365 e. The summed E-state index contributed by atoms with van der Waals surface area (Å²) in [7, 11) is 0. The highest BCUT2D eigenvalue weighted by atomic mass is 19.1. The van der Waals surface area contributed by atoms with Crippen LogP contribution in [-0.2, 0) is 22.7 Å². The molecule has 0 bridgehead atoms. The predicted octanol–water partition coefficient (Wildman–Crippen LogP) is 2.67. The topological polar surface area (TPSA) is 76.5 Å². The number of carbonyl (C=O) groups is 2. The molecule has 1 atom stereocenters. The van der Waals surface area contributed by atoms with Crippen LogP contribution in [-0.4, -0.2) is 45.4 Å². The molecule has 2 aliphatic rings. The molecule has 0 aliphatic carbocycles. The zero-order valence-corrected chi connectivity index (χ0v) is 17.3. The smallest absolute Gasteiger partial charge is 0.274 e. The fraction of sp³-hybridized carbons (Fsp3) is 0.500. The number of amides is 2. The number of likely N-dealkylation sites (tertiary alicyclic amines) is 1. The molecular weight excluding hydrogens is 387 g/mol. The van der Waals surface area contributed by atoms with Crippen molar-refractivity contribution in [3.8, 4) is 0 Å². The van der Waals surface area contributed by atoms with E-state index in [0.717, 1.165) is 11.3 Å². The SMILES string of the molecule is CC(C)NC(=O)C1CCN(C(=O)c2ncn3c2CO[C@@H](c2ccc(F)cc2)C3)CC1. The summed E-state index contributed by atoms with van der Waals surface area (Å²) in [6, 6.07) is 6.39. The number of nitrogens with zero attached hydrogens (tertiary/aromatic N) is 3. The minimum atomic E-state index is -0.281. The van der Waals surface area contributed by atoms with E-state index in [4.69, 9.17) is 4.74 Å². The number of piperidine rings is 1. The summed E-state index contributed by atoms with van der Waals surface area (Å²) in [5, 5.41) is 2.95. The third kappa shape index (κ3) is 4.23. The lowest BCUT2D eigenvalue weighted by Crippen LogP contribution is -2.44. The maximum absolute atomic E-state index is 13.2. The van der Waals surface area contributed by atoms with Gasteiger partial charge in [-0.15, -0.1) is 0 Å².